The molecule has 0 saturated heterocycles. The van der Waals surface area contributed by atoms with Crippen molar-refractivity contribution in [3.05, 3.63) is 6.07 Å². The van der Waals surface area contributed by atoms with Crippen LogP contribution >= 0.6 is 0 Å². The Balaban J connectivity index is 2.80. The monoisotopic (exact) mass is 255 g/mol. The van der Waals surface area contributed by atoms with Crippen molar-refractivity contribution in [3.8, 4) is 0 Å². The lowest BCUT2D eigenvalue weighted by Gasteiger charge is -2.20. The summed E-state index contributed by atoms with van der Waals surface area (Å²) < 4.78 is 0. The summed E-state index contributed by atoms with van der Waals surface area (Å²) in [6.07, 6.45) is -0.821. The van der Waals surface area contributed by atoms with Crippen LogP contribution < -0.4 is 16.0 Å². The molecular formula is C11H21N5O2. The lowest BCUT2D eigenvalue weighted by atomic mass is 10.3. The minimum Gasteiger partial charge on any atom is -0.394 e. The summed E-state index contributed by atoms with van der Waals surface area (Å²) >= 11 is 0. The van der Waals surface area contributed by atoms with Crippen molar-refractivity contribution in [2.24, 2.45) is 0 Å². The Bertz CT molecular complexity index is 370. The molecule has 7 nitrogen and oxygen atoms in total. The van der Waals surface area contributed by atoms with Crippen molar-refractivity contribution in [2.75, 3.05) is 42.2 Å². The first-order valence-electron chi connectivity index (χ1n) is 6.03. The normalized spacial score (nSPS) is 12.2. The Morgan fingerprint density at radius 1 is 1.39 bits per heavy atom. The van der Waals surface area contributed by atoms with E-state index in [1.807, 2.05) is 18.7 Å². The number of nitrogens with two attached hydrogens (primary N) is 1. The number of aliphatic hydroxyl groups excluding tert-OH is 2. The molecule has 1 aromatic rings. The smallest absolute Gasteiger partial charge is 0.223 e. The predicted octanol–water partition coefficient (Wildman–Crippen LogP) is -0.330. The second kappa shape index (κ2) is 6.97. The van der Waals surface area contributed by atoms with Gasteiger partial charge in [0.2, 0.25) is 5.95 Å². The molecule has 0 saturated carbocycles. The van der Waals surface area contributed by atoms with Crippen LogP contribution in [0.2, 0.25) is 0 Å². The van der Waals surface area contributed by atoms with Crippen LogP contribution in [0.3, 0.4) is 0 Å². The molecule has 0 aromatic carbocycles. The third kappa shape index (κ3) is 4.01. The number of aliphatic hydroxyl groups is 2. The maximum atomic E-state index is 9.26. The lowest BCUT2D eigenvalue weighted by molar-refractivity contribution is 0.105. The molecule has 7 heteroatoms. The minimum absolute atomic E-state index is 0.181. The second-order valence-electron chi connectivity index (χ2n) is 3.86. The van der Waals surface area contributed by atoms with E-state index in [2.05, 4.69) is 15.3 Å². The summed E-state index contributed by atoms with van der Waals surface area (Å²) in [4.78, 5) is 10.2. The Kier molecular flexibility index (Phi) is 5.60. The zero-order valence-electron chi connectivity index (χ0n) is 10.8. The van der Waals surface area contributed by atoms with E-state index in [1.54, 1.807) is 6.07 Å². The summed E-state index contributed by atoms with van der Waals surface area (Å²) in [5, 5.41) is 20.9. The van der Waals surface area contributed by atoms with E-state index in [0.29, 0.717) is 5.82 Å². The molecule has 0 radical (unpaired) electrons. The molecule has 18 heavy (non-hydrogen) atoms. The van der Waals surface area contributed by atoms with Crippen LogP contribution in [0.15, 0.2) is 6.07 Å². The van der Waals surface area contributed by atoms with Crippen molar-refractivity contribution in [1.82, 2.24) is 9.97 Å². The topological polar surface area (TPSA) is 108 Å². The van der Waals surface area contributed by atoms with E-state index in [1.165, 1.54) is 0 Å². The first-order valence-corrected chi connectivity index (χ1v) is 6.03. The van der Waals surface area contributed by atoms with Crippen LogP contribution in [0.1, 0.15) is 13.8 Å². The lowest BCUT2D eigenvalue weighted by Crippen LogP contribution is -2.25. The Labute approximate surface area is 107 Å². The number of rotatable bonds is 7. The zero-order valence-corrected chi connectivity index (χ0v) is 10.8. The number of nitrogens with one attached hydrogen (secondary N) is 1. The van der Waals surface area contributed by atoms with E-state index >= 15 is 0 Å². The van der Waals surface area contributed by atoms with E-state index in [9.17, 15) is 5.11 Å². The molecule has 0 amide bonds. The van der Waals surface area contributed by atoms with Gasteiger partial charge in [0.15, 0.2) is 0 Å². The van der Waals surface area contributed by atoms with Crippen LogP contribution in [0, 0.1) is 0 Å². The number of aromatic nitrogens is 2. The van der Waals surface area contributed by atoms with Gasteiger partial charge < -0.3 is 26.2 Å². The van der Waals surface area contributed by atoms with E-state index in [-0.39, 0.29) is 19.1 Å². The fraction of sp³-hybridized carbons (Fsp3) is 0.636. The van der Waals surface area contributed by atoms with Crippen LogP contribution in [0.4, 0.5) is 17.6 Å². The molecule has 1 unspecified atom stereocenters. The van der Waals surface area contributed by atoms with Crippen molar-refractivity contribution >= 4 is 17.6 Å². The third-order valence-corrected chi connectivity index (χ3v) is 2.55. The maximum absolute atomic E-state index is 9.26. The van der Waals surface area contributed by atoms with Crippen LogP contribution in [-0.2, 0) is 0 Å². The molecule has 1 heterocycles. The average Bonchev–Trinajstić information content (AvgIpc) is 2.37. The predicted molar refractivity (Wildman–Crippen MR) is 71.6 cm³/mol. The Morgan fingerprint density at radius 2 is 2.06 bits per heavy atom. The number of hydrogen-bond acceptors (Lipinski definition) is 7. The Hall–Kier alpha value is -1.60. The van der Waals surface area contributed by atoms with Crippen molar-refractivity contribution in [3.63, 3.8) is 0 Å². The van der Waals surface area contributed by atoms with Crippen molar-refractivity contribution in [1.29, 1.82) is 0 Å². The van der Waals surface area contributed by atoms with Crippen molar-refractivity contribution in [2.45, 2.75) is 20.0 Å². The Morgan fingerprint density at radius 3 is 2.61 bits per heavy atom. The molecule has 0 aliphatic rings. The molecular weight excluding hydrogens is 234 g/mol. The molecule has 1 aromatic heterocycles. The standard InChI is InChI=1S/C11H21N5O2/c1-3-16(4-2)10-5-9(14-11(12)15-10)13-6-8(18)7-17/h5,8,17-18H,3-4,6-7H2,1-2H3,(H3,12,13,14,15). The number of hydrogen-bond donors (Lipinski definition) is 4. The van der Waals surface area contributed by atoms with Crippen molar-refractivity contribution < 1.29 is 10.2 Å². The van der Waals surface area contributed by atoms with Gasteiger partial charge >= 0.3 is 0 Å². The molecule has 1 rings (SSSR count). The third-order valence-electron chi connectivity index (χ3n) is 2.55. The summed E-state index contributed by atoms with van der Waals surface area (Å²) in [5.74, 6) is 1.46. The summed E-state index contributed by atoms with van der Waals surface area (Å²) in [6, 6.07) is 1.77. The zero-order chi connectivity index (χ0) is 13.5. The van der Waals surface area contributed by atoms with E-state index in [0.717, 1.165) is 18.9 Å². The molecule has 5 N–H and O–H groups in total. The molecule has 102 valence electrons. The molecule has 1 atom stereocenters. The second-order valence-corrected chi connectivity index (χ2v) is 3.86. The van der Waals surface area contributed by atoms with Crippen LogP contribution in [0.5, 0.6) is 0 Å². The van der Waals surface area contributed by atoms with Crippen LogP contribution in [0.25, 0.3) is 0 Å². The summed E-state index contributed by atoms with van der Waals surface area (Å²) in [5.41, 5.74) is 5.64. The van der Waals surface area contributed by atoms with Gasteiger partial charge in [-0.05, 0) is 13.8 Å². The molecule has 0 bridgehead atoms. The molecule has 0 fully saturated rings. The number of anilines is 3. The van der Waals surface area contributed by atoms with Gasteiger partial charge in [0.05, 0.1) is 12.7 Å². The highest BCUT2D eigenvalue weighted by Crippen LogP contribution is 2.16. The highest BCUT2D eigenvalue weighted by Gasteiger charge is 2.08. The highest BCUT2D eigenvalue weighted by atomic mass is 16.3. The summed E-state index contributed by atoms with van der Waals surface area (Å²) in [7, 11) is 0. The maximum Gasteiger partial charge on any atom is 0.223 e. The first-order chi connectivity index (χ1) is 8.60. The minimum atomic E-state index is -0.821. The van der Waals surface area contributed by atoms with E-state index < -0.39 is 6.10 Å². The first kappa shape index (κ1) is 14.5. The van der Waals surface area contributed by atoms with Gasteiger partial charge in [-0.25, -0.2) is 0 Å². The average molecular weight is 255 g/mol. The van der Waals surface area contributed by atoms with Gasteiger partial charge in [0.1, 0.15) is 11.6 Å². The molecule has 0 aliphatic carbocycles. The fourth-order valence-electron chi connectivity index (χ4n) is 1.54. The summed E-state index contributed by atoms with van der Waals surface area (Å²) in [6.45, 7) is 5.63. The van der Waals surface area contributed by atoms with Gasteiger partial charge in [-0.1, -0.05) is 0 Å². The number of nitrogens with zero attached hydrogens (tertiary/aromatic N) is 3. The molecule has 0 spiro atoms. The quantitative estimate of drug-likeness (QED) is 0.528. The SMILES string of the molecule is CCN(CC)c1cc(NCC(O)CO)nc(N)n1. The van der Waals surface area contributed by atoms with Gasteiger partial charge in [-0.3, -0.25) is 0 Å². The van der Waals surface area contributed by atoms with Gasteiger partial charge in [-0.15, -0.1) is 0 Å². The van der Waals surface area contributed by atoms with Gasteiger partial charge in [-0.2, -0.15) is 9.97 Å². The fourth-order valence-corrected chi connectivity index (χ4v) is 1.54. The van der Waals surface area contributed by atoms with Gasteiger partial charge in [0, 0.05) is 25.7 Å². The highest BCUT2D eigenvalue weighted by molar-refractivity contribution is 5.52. The van der Waals surface area contributed by atoms with Crippen LogP contribution in [-0.4, -0.2) is 52.5 Å². The largest absolute Gasteiger partial charge is 0.394 e. The molecule has 0 aliphatic heterocycles. The van der Waals surface area contributed by atoms with E-state index in [4.69, 9.17) is 10.8 Å². The van der Waals surface area contributed by atoms with Gasteiger partial charge in [0.25, 0.3) is 0 Å². The number of nitrogen functional groups attached to an aromatic ring is 1.